The summed E-state index contributed by atoms with van der Waals surface area (Å²) in [7, 11) is 0. The number of halogens is 3. The second-order valence-electron chi connectivity index (χ2n) is 2.95. The number of ether oxygens (including phenoxy) is 1. The summed E-state index contributed by atoms with van der Waals surface area (Å²) in [5, 5.41) is 9.39. The van der Waals surface area contributed by atoms with Gasteiger partial charge in [0.2, 0.25) is 3.79 Å². The fraction of sp³-hybridized carbons (Fsp3) is 0.667. The smallest absolute Gasteiger partial charge is 0.339 e. The van der Waals surface area contributed by atoms with E-state index in [1.165, 1.54) is 0 Å². The molecular weight excluding hydrogens is 262 g/mol. The molecule has 0 fully saturated rings. The van der Waals surface area contributed by atoms with Crippen LogP contribution in [-0.2, 0) is 9.53 Å². The maximum Gasteiger partial charge on any atom is 0.339 e. The number of hydrogen-bond acceptors (Lipinski definition) is 3. The first-order chi connectivity index (χ1) is 6.80. The van der Waals surface area contributed by atoms with Crippen molar-refractivity contribution in [2.24, 2.45) is 0 Å². The molecule has 0 bridgehead atoms. The summed E-state index contributed by atoms with van der Waals surface area (Å²) in [6.45, 7) is 5.51. The summed E-state index contributed by atoms with van der Waals surface area (Å²) in [6.07, 6.45) is 0.00220. The zero-order chi connectivity index (χ0) is 12.1. The Morgan fingerprint density at radius 1 is 1.53 bits per heavy atom. The van der Waals surface area contributed by atoms with Gasteiger partial charge in [-0.3, -0.25) is 0 Å². The lowest BCUT2D eigenvalue weighted by molar-refractivity contribution is -0.151. The molecule has 0 saturated carbocycles. The van der Waals surface area contributed by atoms with Gasteiger partial charge in [0.25, 0.3) is 0 Å². The van der Waals surface area contributed by atoms with Gasteiger partial charge in [-0.1, -0.05) is 54.7 Å². The van der Waals surface area contributed by atoms with Gasteiger partial charge in [0.1, 0.15) is 0 Å². The number of aliphatic hydroxyl groups is 1. The zero-order valence-electron chi connectivity index (χ0n) is 8.30. The van der Waals surface area contributed by atoms with Gasteiger partial charge in [-0.05, 0) is 6.42 Å². The SMILES string of the molecule is C=C(C(O)C(=O)OCCCC)C(Cl)(Cl)Cl. The molecular formula is C9H13Cl3O3. The number of carbonyl (C=O) groups is 1. The van der Waals surface area contributed by atoms with Gasteiger partial charge in [0, 0.05) is 5.57 Å². The van der Waals surface area contributed by atoms with E-state index in [1.807, 2.05) is 6.92 Å². The van der Waals surface area contributed by atoms with Crippen molar-refractivity contribution in [3.8, 4) is 0 Å². The van der Waals surface area contributed by atoms with E-state index >= 15 is 0 Å². The van der Waals surface area contributed by atoms with E-state index in [1.54, 1.807) is 0 Å². The molecule has 0 aromatic rings. The summed E-state index contributed by atoms with van der Waals surface area (Å²) in [6, 6.07) is 0. The highest BCUT2D eigenvalue weighted by atomic mass is 35.6. The van der Waals surface area contributed by atoms with Crippen molar-refractivity contribution in [1.29, 1.82) is 0 Å². The van der Waals surface area contributed by atoms with Crippen molar-refractivity contribution in [1.82, 2.24) is 0 Å². The van der Waals surface area contributed by atoms with Crippen molar-refractivity contribution >= 4 is 40.8 Å². The van der Waals surface area contributed by atoms with E-state index in [0.29, 0.717) is 0 Å². The van der Waals surface area contributed by atoms with Crippen LogP contribution in [0, 0.1) is 0 Å². The molecule has 0 spiro atoms. The lowest BCUT2D eigenvalue weighted by Crippen LogP contribution is -2.30. The Labute approximate surface area is 104 Å². The van der Waals surface area contributed by atoms with Crippen molar-refractivity contribution in [2.75, 3.05) is 6.61 Å². The minimum atomic E-state index is -1.87. The summed E-state index contributed by atoms with van der Waals surface area (Å²) < 4.78 is 2.86. The lowest BCUT2D eigenvalue weighted by atomic mass is 10.2. The quantitative estimate of drug-likeness (QED) is 0.363. The van der Waals surface area contributed by atoms with Crippen molar-refractivity contribution < 1.29 is 14.6 Å². The molecule has 0 aromatic carbocycles. The van der Waals surface area contributed by atoms with Crippen LogP contribution in [0.2, 0.25) is 0 Å². The summed E-state index contributed by atoms with van der Waals surface area (Å²) in [5.74, 6) is -0.847. The second-order valence-corrected chi connectivity index (χ2v) is 5.23. The fourth-order valence-corrected chi connectivity index (χ4v) is 1.00. The Morgan fingerprint density at radius 3 is 2.47 bits per heavy atom. The highest BCUT2D eigenvalue weighted by Gasteiger charge is 2.34. The predicted molar refractivity (Wildman–Crippen MR) is 61.3 cm³/mol. The molecule has 1 N–H and O–H groups in total. The average Bonchev–Trinajstić information content (AvgIpc) is 2.14. The standard InChI is InChI=1S/C9H13Cl3O3/c1-3-4-5-15-8(14)7(13)6(2)9(10,11)12/h7,13H,2-5H2,1H3. The zero-order valence-corrected chi connectivity index (χ0v) is 10.6. The molecule has 0 aliphatic heterocycles. The van der Waals surface area contributed by atoms with Gasteiger partial charge in [0.15, 0.2) is 6.10 Å². The first-order valence-corrected chi connectivity index (χ1v) is 5.54. The van der Waals surface area contributed by atoms with Gasteiger partial charge in [-0.15, -0.1) is 0 Å². The van der Waals surface area contributed by atoms with Crippen LogP contribution in [0.15, 0.2) is 12.2 Å². The van der Waals surface area contributed by atoms with E-state index in [9.17, 15) is 9.90 Å². The van der Waals surface area contributed by atoms with Gasteiger partial charge in [0.05, 0.1) is 6.61 Å². The average molecular weight is 276 g/mol. The first kappa shape index (κ1) is 15.0. The van der Waals surface area contributed by atoms with Gasteiger partial charge < -0.3 is 9.84 Å². The molecule has 15 heavy (non-hydrogen) atoms. The molecule has 1 atom stereocenters. The lowest BCUT2D eigenvalue weighted by Gasteiger charge is -2.18. The fourth-order valence-electron chi connectivity index (χ4n) is 0.693. The largest absolute Gasteiger partial charge is 0.464 e. The van der Waals surface area contributed by atoms with Crippen LogP contribution in [0.25, 0.3) is 0 Å². The van der Waals surface area contributed by atoms with Crippen molar-refractivity contribution in [3.63, 3.8) is 0 Å². The number of aliphatic hydroxyl groups excluding tert-OH is 1. The Morgan fingerprint density at radius 2 is 2.07 bits per heavy atom. The van der Waals surface area contributed by atoms with Crippen LogP contribution >= 0.6 is 34.8 Å². The van der Waals surface area contributed by atoms with E-state index in [2.05, 4.69) is 6.58 Å². The van der Waals surface area contributed by atoms with E-state index in [0.717, 1.165) is 12.8 Å². The van der Waals surface area contributed by atoms with Crippen LogP contribution in [0.5, 0.6) is 0 Å². The molecule has 3 nitrogen and oxygen atoms in total. The van der Waals surface area contributed by atoms with Crippen molar-refractivity contribution in [3.05, 3.63) is 12.2 Å². The Kier molecular flexibility index (Phi) is 6.60. The molecule has 88 valence electrons. The third-order valence-electron chi connectivity index (χ3n) is 1.66. The molecule has 0 aliphatic rings. The summed E-state index contributed by atoms with van der Waals surface area (Å²) in [4.78, 5) is 11.2. The molecule has 1 unspecified atom stereocenters. The van der Waals surface area contributed by atoms with Gasteiger partial charge in [-0.25, -0.2) is 4.79 Å². The highest BCUT2D eigenvalue weighted by molar-refractivity contribution is 6.69. The molecule has 0 aromatic heterocycles. The van der Waals surface area contributed by atoms with E-state index < -0.39 is 15.9 Å². The van der Waals surface area contributed by atoms with Crippen LogP contribution in [-0.4, -0.2) is 27.6 Å². The number of rotatable bonds is 5. The monoisotopic (exact) mass is 274 g/mol. The number of unbranched alkanes of at least 4 members (excludes halogenated alkanes) is 1. The topological polar surface area (TPSA) is 46.5 Å². The number of carbonyl (C=O) groups excluding carboxylic acids is 1. The first-order valence-electron chi connectivity index (χ1n) is 4.41. The van der Waals surface area contributed by atoms with Crippen LogP contribution in [0.1, 0.15) is 19.8 Å². The molecule has 0 rings (SSSR count). The third kappa shape index (κ3) is 5.61. The second kappa shape index (κ2) is 6.59. The maximum absolute atomic E-state index is 11.2. The minimum Gasteiger partial charge on any atom is -0.464 e. The Balaban J connectivity index is 4.15. The number of hydrogen-bond donors (Lipinski definition) is 1. The Hall–Kier alpha value is 0.0400. The molecule has 0 amide bonds. The van der Waals surface area contributed by atoms with E-state index in [-0.39, 0.29) is 12.2 Å². The Bertz CT molecular complexity index is 235. The van der Waals surface area contributed by atoms with E-state index in [4.69, 9.17) is 39.5 Å². The third-order valence-corrected chi connectivity index (χ3v) is 2.39. The molecule has 0 saturated heterocycles. The van der Waals surface area contributed by atoms with Crippen molar-refractivity contribution in [2.45, 2.75) is 29.7 Å². The van der Waals surface area contributed by atoms with Crippen LogP contribution < -0.4 is 0 Å². The maximum atomic E-state index is 11.2. The normalized spacial score (nSPS) is 13.4. The summed E-state index contributed by atoms with van der Waals surface area (Å²) >= 11 is 16.3. The van der Waals surface area contributed by atoms with Gasteiger partial charge >= 0.3 is 5.97 Å². The molecule has 0 aliphatic carbocycles. The number of esters is 1. The predicted octanol–water partition coefficient (Wildman–Crippen LogP) is 2.62. The highest BCUT2D eigenvalue weighted by Crippen LogP contribution is 2.35. The van der Waals surface area contributed by atoms with Crippen LogP contribution in [0.4, 0.5) is 0 Å². The van der Waals surface area contributed by atoms with Gasteiger partial charge in [-0.2, -0.15) is 0 Å². The molecule has 0 heterocycles. The molecule has 0 radical (unpaired) electrons. The van der Waals surface area contributed by atoms with Crippen LogP contribution in [0.3, 0.4) is 0 Å². The number of alkyl halides is 3. The molecule has 6 heteroatoms. The minimum absolute atomic E-state index is 0.214. The summed E-state index contributed by atoms with van der Waals surface area (Å²) in [5.41, 5.74) is -0.214.